The van der Waals surface area contributed by atoms with Gasteiger partial charge in [0.15, 0.2) is 0 Å². The van der Waals surface area contributed by atoms with E-state index >= 15 is 0 Å². The SMILES string of the molecule is COC(=O)C1CCC2(CCNCC2)N1.Cl.Cl. The van der Waals surface area contributed by atoms with Crippen LogP contribution in [0, 0.1) is 0 Å². The number of hydrogen-bond donors (Lipinski definition) is 2. The molecule has 1 unspecified atom stereocenters. The minimum absolute atomic E-state index is 0. The van der Waals surface area contributed by atoms with Crippen LogP contribution in [0.3, 0.4) is 0 Å². The van der Waals surface area contributed by atoms with Crippen LogP contribution in [0.2, 0.25) is 0 Å². The Hall–Kier alpha value is -0.0300. The Morgan fingerprint density at radius 2 is 1.88 bits per heavy atom. The molecule has 1 spiro atoms. The molecule has 2 saturated heterocycles. The molecule has 6 heteroatoms. The molecule has 0 radical (unpaired) electrons. The van der Waals surface area contributed by atoms with Gasteiger partial charge in [0.05, 0.1) is 7.11 Å². The van der Waals surface area contributed by atoms with Crippen molar-refractivity contribution in [1.82, 2.24) is 10.6 Å². The molecule has 0 bridgehead atoms. The number of carbonyl (C=O) groups excluding carboxylic acids is 1. The number of halogens is 2. The topological polar surface area (TPSA) is 50.4 Å². The van der Waals surface area contributed by atoms with Crippen molar-refractivity contribution in [1.29, 1.82) is 0 Å². The van der Waals surface area contributed by atoms with E-state index in [0.29, 0.717) is 0 Å². The third-order valence-corrected chi connectivity index (χ3v) is 3.44. The Morgan fingerprint density at radius 1 is 1.25 bits per heavy atom. The molecule has 2 fully saturated rings. The number of carbonyl (C=O) groups is 1. The smallest absolute Gasteiger partial charge is 0.322 e. The van der Waals surface area contributed by atoms with Crippen LogP contribution in [-0.4, -0.2) is 37.7 Å². The zero-order valence-electron chi connectivity index (χ0n) is 9.45. The molecule has 2 aliphatic heterocycles. The van der Waals surface area contributed by atoms with Crippen molar-refractivity contribution in [3.05, 3.63) is 0 Å². The summed E-state index contributed by atoms with van der Waals surface area (Å²) in [6.07, 6.45) is 4.28. The predicted molar refractivity (Wildman–Crippen MR) is 67.5 cm³/mol. The van der Waals surface area contributed by atoms with E-state index in [2.05, 4.69) is 10.6 Å². The molecular weight excluding hydrogens is 251 g/mol. The summed E-state index contributed by atoms with van der Waals surface area (Å²) < 4.78 is 4.75. The van der Waals surface area contributed by atoms with Crippen molar-refractivity contribution in [3.8, 4) is 0 Å². The normalized spacial score (nSPS) is 26.7. The summed E-state index contributed by atoms with van der Waals surface area (Å²) in [4.78, 5) is 11.3. The molecule has 0 aliphatic carbocycles. The van der Waals surface area contributed by atoms with Gasteiger partial charge in [-0.2, -0.15) is 0 Å². The molecule has 2 aliphatic rings. The van der Waals surface area contributed by atoms with Gasteiger partial charge in [-0.3, -0.25) is 10.1 Å². The molecule has 2 rings (SSSR count). The third kappa shape index (κ3) is 3.23. The van der Waals surface area contributed by atoms with Crippen LogP contribution < -0.4 is 10.6 Å². The van der Waals surface area contributed by atoms with Crippen LogP contribution in [-0.2, 0) is 9.53 Å². The second-order valence-electron chi connectivity index (χ2n) is 4.29. The van der Waals surface area contributed by atoms with Gasteiger partial charge in [0.2, 0.25) is 0 Å². The molecule has 0 aromatic rings. The number of hydrogen-bond acceptors (Lipinski definition) is 4. The number of rotatable bonds is 1. The molecule has 16 heavy (non-hydrogen) atoms. The lowest BCUT2D eigenvalue weighted by molar-refractivity contribution is -0.142. The van der Waals surface area contributed by atoms with Gasteiger partial charge in [0, 0.05) is 5.54 Å². The zero-order valence-corrected chi connectivity index (χ0v) is 11.1. The van der Waals surface area contributed by atoms with Gasteiger partial charge in [-0.15, -0.1) is 24.8 Å². The molecular formula is C10H20Cl2N2O2. The monoisotopic (exact) mass is 270 g/mol. The van der Waals surface area contributed by atoms with Crippen LogP contribution >= 0.6 is 24.8 Å². The highest BCUT2D eigenvalue weighted by atomic mass is 35.5. The standard InChI is InChI=1S/C10H18N2O2.2ClH/c1-14-9(13)8-2-3-10(12-8)4-6-11-7-5-10;;/h8,11-12H,2-7H2,1H3;2*1H. The largest absolute Gasteiger partial charge is 0.468 e. The van der Waals surface area contributed by atoms with Crippen LogP contribution in [0.1, 0.15) is 25.7 Å². The molecule has 4 nitrogen and oxygen atoms in total. The summed E-state index contributed by atoms with van der Waals surface area (Å²) in [6, 6.07) is -0.0712. The Kier molecular flexibility index (Phi) is 6.63. The van der Waals surface area contributed by atoms with E-state index in [1.807, 2.05) is 0 Å². The quantitative estimate of drug-likeness (QED) is 0.695. The zero-order chi connectivity index (χ0) is 10.0. The van der Waals surface area contributed by atoms with Crippen LogP contribution in [0.4, 0.5) is 0 Å². The first-order valence-corrected chi connectivity index (χ1v) is 5.32. The summed E-state index contributed by atoms with van der Waals surface area (Å²) in [5.41, 5.74) is 0.212. The maximum absolute atomic E-state index is 11.3. The lowest BCUT2D eigenvalue weighted by Crippen LogP contribution is -2.51. The molecule has 2 heterocycles. The average molecular weight is 271 g/mol. The van der Waals surface area contributed by atoms with Gasteiger partial charge in [0.1, 0.15) is 6.04 Å². The van der Waals surface area contributed by atoms with Gasteiger partial charge >= 0.3 is 5.97 Å². The molecule has 0 aromatic carbocycles. The first-order chi connectivity index (χ1) is 6.76. The highest BCUT2D eigenvalue weighted by molar-refractivity contribution is 5.85. The summed E-state index contributed by atoms with van der Waals surface area (Å²) in [5.74, 6) is -0.111. The van der Waals surface area contributed by atoms with Crippen molar-refractivity contribution in [2.75, 3.05) is 20.2 Å². The number of esters is 1. The van der Waals surface area contributed by atoms with E-state index in [1.54, 1.807) is 0 Å². The summed E-state index contributed by atoms with van der Waals surface area (Å²) >= 11 is 0. The number of nitrogens with one attached hydrogen (secondary N) is 2. The van der Waals surface area contributed by atoms with Gasteiger partial charge in [0.25, 0.3) is 0 Å². The van der Waals surface area contributed by atoms with Crippen LogP contribution in [0.25, 0.3) is 0 Å². The van der Waals surface area contributed by atoms with Crippen molar-refractivity contribution in [3.63, 3.8) is 0 Å². The number of piperidine rings is 1. The summed E-state index contributed by atoms with van der Waals surface area (Å²) in [7, 11) is 1.46. The summed E-state index contributed by atoms with van der Waals surface area (Å²) in [6.45, 7) is 2.11. The highest BCUT2D eigenvalue weighted by Crippen LogP contribution is 2.31. The Labute approximate surface area is 109 Å². The van der Waals surface area contributed by atoms with Crippen molar-refractivity contribution in [2.24, 2.45) is 0 Å². The number of ether oxygens (including phenoxy) is 1. The Balaban J connectivity index is 0.00000112. The maximum Gasteiger partial charge on any atom is 0.322 e. The first-order valence-electron chi connectivity index (χ1n) is 5.32. The molecule has 0 aromatic heterocycles. The Morgan fingerprint density at radius 3 is 2.44 bits per heavy atom. The van der Waals surface area contributed by atoms with Gasteiger partial charge in [-0.25, -0.2) is 0 Å². The average Bonchev–Trinajstić information content (AvgIpc) is 2.62. The van der Waals surface area contributed by atoms with E-state index in [0.717, 1.165) is 38.8 Å². The van der Waals surface area contributed by atoms with Crippen molar-refractivity contribution in [2.45, 2.75) is 37.3 Å². The number of methoxy groups -OCH3 is 1. The van der Waals surface area contributed by atoms with E-state index < -0.39 is 0 Å². The fraction of sp³-hybridized carbons (Fsp3) is 0.900. The minimum Gasteiger partial charge on any atom is -0.468 e. The van der Waals surface area contributed by atoms with Crippen LogP contribution in [0.5, 0.6) is 0 Å². The molecule has 2 N–H and O–H groups in total. The molecule has 96 valence electrons. The van der Waals surface area contributed by atoms with E-state index in [4.69, 9.17) is 4.74 Å². The van der Waals surface area contributed by atoms with E-state index in [-0.39, 0.29) is 42.4 Å². The lowest BCUT2D eigenvalue weighted by atomic mass is 9.87. The van der Waals surface area contributed by atoms with E-state index in [1.165, 1.54) is 7.11 Å². The molecule has 0 saturated carbocycles. The van der Waals surface area contributed by atoms with Crippen molar-refractivity contribution >= 4 is 30.8 Å². The van der Waals surface area contributed by atoms with Crippen molar-refractivity contribution < 1.29 is 9.53 Å². The molecule has 1 atom stereocenters. The van der Waals surface area contributed by atoms with Gasteiger partial charge in [-0.05, 0) is 38.8 Å². The second kappa shape index (κ2) is 6.64. The van der Waals surface area contributed by atoms with Gasteiger partial charge in [-0.1, -0.05) is 0 Å². The first kappa shape index (κ1) is 16.0. The fourth-order valence-electron chi connectivity index (χ4n) is 2.55. The van der Waals surface area contributed by atoms with Crippen LogP contribution in [0.15, 0.2) is 0 Å². The van der Waals surface area contributed by atoms with E-state index in [9.17, 15) is 4.79 Å². The lowest BCUT2D eigenvalue weighted by Gasteiger charge is -2.34. The molecule has 0 amide bonds. The highest BCUT2D eigenvalue weighted by Gasteiger charge is 2.41. The third-order valence-electron chi connectivity index (χ3n) is 3.44. The second-order valence-corrected chi connectivity index (χ2v) is 4.29. The van der Waals surface area contributed by atoms with Gasteiger partial charge < -0.3 is 10.1 Å². The minimum atomic E-state index is -0.111. The maximum atomic E-state index is 11.3. The fourth-order valence-corrected chi connectivity index (χ4v) is 2.55. The summed E-state index contributed by atoms with van der Waals surface area (Å²) in [5, 5.41) is 6.78. The predicted octanol–water partition coefficient (Wildman–Crippen LogP) is 0.877. The Bertz CT molecular complexity index is 233.